The van der Waals surface area contributed by atoms with Crippen LogP contribution in [0.5, 0.6) is 0 Å². The highest BCUT2D eigenvalue weighted by Gasteiger charge is 2.18. The van der Waals surface area contributed by atoms with Crippen molar-refractivity contribution >= 4 is 15.9 Å². The third-order valence-corrected chi connectivity index (χ3v) is 2.40. The van der Waals surface area contributed by atoms with Crippen molar-refractivity contribution in [1.29, 1.82) is 0 Å². The van der Waals surface area contributed by atoms with Crippen LogP contribution in [0.25, 0.3) is 0 Å². The molecule has 4 heteroatoms. The van der Waals surface area contributed by atoms with Gasteiger partial charge in [-0.1, -0.05) is 26.0 Å². The Labute approximate surface area is 87.6 Å². The molecule has 0 aliphatic heterocycles. The molecule has 3 nitrogen and oxygen atoms in total. The molecule has 0 aromatic carbocycles. The molecule has 0 spiro atoms. The molecular weight excluding hydrogens is 230 g/mol. The predicted octanol–water partition coefficient (Wildman–Crippen LogP) is 2.65. The standard InChI is InChI=1S/C9H16BrN3/c1-5-13-7(6-9(2,3)4)8(10)11-12-13/h5-6H2,1-4H3. The highest BCUT2D eigenvalue weighted by molar-refractivity contribution is 9.10. The second-order valence-corrected chi connectivity index (χ2v) is 5.13. The van der Waals surface area contributed by atoms with Crippen LogP contribution < -0.4 is 0 Å². The Morgan fingerprint density at radius 3 is 2.46 bits per heavy atom. The van der Waals surface area contributed by atoms with E-state index in [0.29, 0.717) is 0 Å². The average Bonchev–Trinajstić information content (AvgIpc) is 2.30. The Hall–Kier alpha value is -0.380. The van der Waals surface area contributed by atoms with Crippen LogP contribution in [0.3, 0.4) is 0 Å². The lowest BCUT2D eigenvalue weighted by molar-refractivity contribution is 0.393. The maximum absolute atomic E-state index is 4.04. The smallest absolute Gasteiger partial charge is 0.151 e. The summed E-state index contributed by atoms with van der Waals surface area (Å²) >= 11 is 3.42. The summed E-state index contributed by atoms with van der Waals surface area (Å²) in [5.41, 5.74) is 1.46. The third-order valence-electron chi connectivity index (χ3n) is 1.79. The van der Waals surface area contributed by atoms with E-state index in [-0.39, 0.29) is 5.41 Å². The molecule has 0 saturated heterocycles. The van der Waals surface area contributed by atoms with Gasteiger partial charge >= 0.3 is 0 Å². The van der Waals surface area contributed by atoms with Gasteiger partial charge in [0.15, 0.2) is 4.60 Å². The Balaban J connectivity index is 2.92. The normalized spacial score (nSPS) is 12.1. The summed E-state index contributed by atoms with van der Waals surface area (Å²) in [6, 6.07) is 0. The topological polar surface area (TPSA) is 30.7 Å². The van der Waals surface area contributed by atoms with Gasteiger partial charge < -0.3 is 0 Å². The monoisotopic (exact) mass is 245 g/mol. The second-order valence-electron chi connectivity index (χ2n) is 4.38. The first-order valence-electron chi connectivity index (χ1n) is 4.52. The second kappa shape index (κ2) is 3.78. The van der Waals surface area contributed by atoms with Crippen molar-refractivity contribution in [1.82, 2.24) is 15.0 Å². The highest BCUT2D eigenvalue weighted by Crippen LogP contribution is 2.24. The van der Waals surface area contributed by atoms with E-state index >= 15 is 0 Å². The van der Waals surface area contributed by atoms with Gasteiger partial charge in [0.2, 0.25) is 0 Å². The SMILES string of the molecule is CCn1nnc(Br)c1CC(C)(C)C. The predicted molar refractivity (Wildman–Crippen MR) is 56.6 cm³/mol. The number of aromatic nitrogens is 3. The summed E-state index contributed by atoms with van der Waals surface area (Å²) in [5.74, 6) is 0. The van der Waals surface area contributed by atoms with Crippen molar-refractivity contribution < 1.29 is 0 Å². The molecule has 0 N–H and O–H groups in total. The van der Waals surface area contributed by atoms with Gasteiger partial charge in [0.25, 0.3) is 0 Å². The average molecular weight is 246 g/mol. The quantitative estimate of drug-likeness (QED) is 0.803. The summed E-state index contributed by atoms with van der Waals surface area (Å²) in [7, 11) is 0. The Kier molecular flexibility index (Phi) is 3.11. The molecule has 0 unspecified atom stereocenters. The summed E-state index contributed by atoms with van der Waals surface area (Å²) in [6.45, 7) is 9.60. The molecule has 13 heavy (non-hydrogen) atoms. The molecule has 0 atom stereocenters. The van der Waals surface area contributed by atoms with E-state index in [9.17, 15) is 0 Å². The van der Waals surface area contributed by atoms with Gasteiger partial charge in [-0.05, 0) is 34.7 Å². The first kappa shape index (κ1) is 10.7. The fraction of sp³-hybridized carbons (Fsp3) is 0.778. The summed E-state index contributed by atoms with van der Waals surface area (Å²) < 4.78 is 2.82. The van der Waals surface area contributed by atoms with Gasteiger partial charge in [0, 0.05) is 6.54 Å². The van der Waals surface area contributed by atoms with E-state index in [0.717, 1.165) is 17.6 Å². The first-order valence-corrected chi connectivity index (χ1v) is 5.31. The highest BCUT2D eigenvalue weighted by atomic mass is 79.9. The zero-order valence-corrected chi connectivity index (χ0v) is 10.2. The van der Waals surface area contributed by atoms with Crippen molar-refractivity contribution in [3.63, 3.8) is 0 Å². The van der Waals surface area contributed by atoms with E-state index < -0.39 is 0 Å². The molecule has 1 heterocycles. The fourth-order valence-electron chi connectivity index (χ4n) is 1.23. The van der Waals surface area contributed by atoms with Crippen LogP contribution in [-0.2, 0) is 13.0 Å². The molecule has 1 aromatic rings. The summed E-state index contributed by atoms with van der Waals surface area (Å²) in [4.78, 5) is 0. The van der Waals surface area contributed by atoms with E-state index in [2.05, 4.69) is 53.9 Å². The van der Waals surface area contributed by atoms with Gasteiger partial charge in [0.1, 0.15) is 0 Å². The lowest BCUT2D eigenvalue weighted by Gasteiger charge is -2.18. The van der Waals surface area contributed by atoms with Crippen LogP contribution in [0.4, 0.5) is 0 Å². The molecule has 0 amide bonds. The molecular formula is C9H16BrN3. The summed E-state index contributed by atoms with van der Waals surface area (Å²) in [5, 5.41) is 8.04. The minimum atomic E-state index is 0.275. The van der Waals surface area contributed by atoms with E-state index in [1.165, 1.54) is 5.69 Å². The van der Waals surface area contributed by atoms with Crippen molar-refractivity contribution in [3.8, 4) is 0 Å². The molecule has 1 aromatic heterocycles. The maximum atomic E-state index is 4.04. The molecule has 0 saturated carbocycles. The summed E-state index contributed by atoms with van der Waals surface area (Å²) in [6.07, 6.45) is 0.994. The van der Waals surface area contributed by atoms with E-state index in [1.54, 1.807) is 0 Å². The molecule has 0 aliphatic rings. The number of halogens is 1. The Bertz CT molecular complexity index is 286. The Morgan fingerprint density at radius 1 is 1.38 bits per heavy atom. The minimum absolute atomic E-state index is 0.275. The van der Waals surface area contributed by atoms with Gasteiger partial charge in [-0.3, -0.25) is 0 Å². The van der Waals surface area contributed by atoms with Gasteiger partial charge in [-0.2, -0.15) is 0 Å². The molecule has 1 rings (SSSR count). The zero-order chi connectivity index (χ0) is 10.1. The number of hydrogen-bond donors (Lipinski definition) is 0. The van der Waals surface area contributed by atoms with Crippen LogP contribution in [0, 0.1) is 5.41 Å². The zero-order valence-electron chi connectivity index (χ0n) is 8.63. The van der Waals surface area contributed by atoms with Gasteiger partial charge in [0.05, 0.1) is 5.69 Å². The van der Waals surface area contributed by atoms with Crippen LogP contribution in [-0.4, -0.2) is 15.0 Å². The number of rotatable bonds is 2. The molecule has 0 bridgehead atoms. The minimum Gasteiger partial charge on any atom is -0.248 e. The lowest BCUT2D eigenvalue weighted by Crippen LogP contribution is -2.14. The van der Waals surface area contributed by atoms with Crippen LogP contribution in [0.1, 0.15) is 33.4 Å². The van der Waals surface area contributed by atoms with Crippen molar-refractivity contribution in [3.05, 3.63) is 10.3 Å². The van der Waals surface area contributed by atoms with Crippen LogP contribution >= 0.6 is 15.9 Å². The van der Waals surface area contributed by atoms with E-state index in [4.69, 9.17) is 0 Å². The largest absolute Gasteiger partial charge is 0.248 e. The number of hydrogen-bond acceptors (Lipinski definition) is 2. The first-order chi connectivity index (χ1) is 5.94. The number of nitrogens with zero attached hydrogens (tertiary/aromatic N) is 3. The van der Waals surface area contributed by atoms with Gasteiger partial charge in [-0.25, -0.2) is 4.68 Å². The van der Waals surface area contributed by atoms with Crippen molar-refractivity contribution in [2.75, 3.05) is 0 Å². The molecule has 0 radical (unpaired) electrons. The fourth-order valence-corrected chi connectivity index (χ4v) is 1.65. The Morgan fingerprint density at radius 2 is 2.00 bits per heavy atom. The van der Waals surface area contributed by atoms with Gasteiger partial charge in [-0.15, -0.1) is 5.10 Å². The molecule has 74 valence electrons. The maximum Gasteiger partial charge on any atom is 0.151 e. The van der Waals surface area contributed by atoms with Crippen molar-refractivity contribution in [2.45, 2.75) is 40.7 Å². The van der Waals surface area contributed by atoms with Crippen LogP contribution in [0.2, 0.25) is 0 Å². The third kappa shape index (κ3) is 2.79. The number of aryl methyl sites for hydroxylation is 1. The van der Waals surface area contributed by atoms with E-state index in [1.807, 2.05) is 4.68 Å². The lowest BCUT2D eigenvalue weighted by atomic mass is 9.91. The molecule has 0 aliphatic carbocycles. The van der Waals surface area contributed by atoms with Crippen molar-refractivity contribution in [2.24, 2.45) is 5.41 Å². The van der Waals surface area contributed by atoms with Crippen LogP contribution in [0.15, 0.2) is 4.60 Å². The molecule has 0 fully saturated rings.